The summed E-state index contributed by atoms with van der Waals surface area (Å²) in [4.78, 5) is 76.3. The highest BCUT2D eigenvalue weighted by Gasteiger charge is 2.42. The highest BCUT2D eigenvalue weighted by Crippen LogP contribution is 2.32. The van der Waals surface area contributed by atoms with Crippen molar-refractivity contribution in [3.8, 4) is 0 Å². The van der Waals surface area contributed by atoms with Gasteiger partial charge in [0.05, 0.1) is 59.8 Å². The van der Waals surface area contributed by atoms with E-state index in [0.29, 0.717) is 12.8 Å². The van der Waals surface area contributed by atoms with Gasteiger partial charge < -0.3 is 29.2 Å². The molecule has 2 N–H and O–H groups in total. The average Bonchev–Trinajstić information content (AvgIpc) is 2.81. The van der Waals surface area contributed by atoms with Gasteiger partial charge in [-0.25, -0.2) is 28.8 Å². The number of unbranched alkanes of at least 4 members (excludes halogenated alkanes) is 3. The van der Waals surface area contributed by atoms with E-state index < -0.39 is 69.2 Å². The monoisotopic (exact) mass is 510 g/mol. The summed E-state index contributed by atoms with van der Waals surface area (Å²) in [5, 5.41) is 19.8. The molecule has 1 aromatic rings. The smallest absolute Gasteiger partial charge is 0.339 e. The Kier molecular flexibility index (Phi) is 12.1. The van der Waals surface area contributed by atoms with Crippen LogP contribution in [0.5, 0.6) is 0 Å². The number of hydrogen-bond acceptors (Lipinski definition) is 10. The molecule has 0 amide bonds. The summed E-state index contributed by atoms with van der Waals surface area (Å²) in [7, 11) is 0. The largest absolute Gasteiger partial charge is 0.478 e. The molecule has 12 nitrogen and oxygen atoms in total. The molecule has 0 saturated carbocycles. The van der Waals surface area contributed by atoms with Crippen molar-refractivity contribution in [2.24, 2.45) is 0 Å². The van der Waals surface area contributed by atoms with E-state index in [1.54, 1.807) is 0 Å². The molecule has 0 unspecified atom stereocenters. The van der Waals surface area contributed by atoms with Crippen LogP contribution in [0.4, 0.5) is 0 Å². The summed E-state index contributed by atoms with van der Waals surface area (Å²) in [6.07, 6.45) is 2.84. The van der Waals surface area contributed by atoms with Gasteiger partial charge in [0, 0.05) is 0 Å². The maximum Gasteiger partial charge on any atom is 0.339 e. The third-order valence-electron chi connectivity index (χ3n) is 4.80. The maximum atomic E-state index is 13.1. The Morgan fingerprint density at radius 2 is 0.833 bits per heavy atom. The summed E-state index contributed by atoms with van der Waals surface area (Å²) >= 11 is 0. The van der Waals surface area contributed by atoms with Crippen LogP contribution in [-0.2, 0) is 18.9 Å². The number of ether oxygens (including phenoxy) is 4. The molecule has 0 bridgehead atoms. The Hall–Kier alpha value is -3.96. The first-order chi connectivity index (χ1) is 17.1. The molecular formula is C24H30O12. The van der Waals surface area contributed by atoms with E-state index in [-0.39, 0.29) is 26.4 Å². The van der Waals surface area contributed by atoms with Crippen molar-refractivity contribution < 1.29 is 57.9 Å². The SMILES string of the molecule is CCCCCCOC(=O)c1c(C(=O)O)c(C(=O)O)c(C(=O)OCC)c(C(=O)OCC)c1C(=O)OCC. The van der Waals surface area contributed by atoms with Crippen LogP contribution in [0.2, 0.25) is 0 Å². The summed E-state index contributed by atoms with van der Waals surface area (Å²) in [5.74, 6) is -9.44. The Morgan fingerprint density at radius 3 is 1.14 bits per heavy atom. The van der Waals surface area contributed by atoms with Gasteiger partial charge in [0.15, 0.2) is 0 Å². The molecule has 0 aliphatic rings. The fraction of sp³-hybridized carbons (Fsp3) is 0.500. The van der Waals surface area contributed by atoms with Crippen molar-refractivity contribution in [3.63, 3.8) is 0 Å². The van der Waals surface area contributed by atoms with E-state index in [1.165, 1.54) is 20.8 Å². The third kappa shape index (κ3) is 7.03. The number of esters is 4. The van der Waals surface area contributed by atoms with Gasteiger partial charge in [-0.15, -0.1) is 0 Å². The van der Waals surface area contributed by atoms with E-state index in [2.05, 4.69) is 0 Å². The van der Waals surface area contributed by atoms with Crippen LogP contribution in [0.15, 0.2) is 0 Å². The van der Waals surface area contributed by atoms with Crippen LogP contribution in [0, 0.1) is 0 Å². The van der Waals surface area contributed by atoms with Gasteiger partial charge in [-0.05, 0) is 27.2 Å². The average molecular weight is 510 g/mol. The molecule has 0 spiro atoms. The minimum Gasteiger partial charge on any atom is -0.478 e. The topological polar surface area (TPSA) is 180 Å². The Labute approximate surface area is 207 Å². The Balaban J connectivity index is 4.18. The molecule has 0 aromatic heterocycles. The van der Waals surface area contributed by atoms with Crippen LogP contribution < -0.4 is 0 Å². The second kappa shape index (κ2) is 14.4. The minimum absolute atomic E-state index is 0.170. The van der Waals surface area contributed by atoms with Crippen LogP contribution in [0.1, 0.15) is 116 Å². The zero-order chi connectivity index (χ0) is 27.4. The van der Waals surface area contributed by atoms with Crippen LogP contribution >= 0.6 is 0 Å². The van der Waals surface area contributed by atoms with E-state index in [1.807, 2.05) is 6.92 Å². The molecule has 198 valence electrons. The van der Waals surface area contributed by atoms with Gasteiger partial charge in [0.25, 0.3) is 0 Å². The quantitative estimate of drug-likeness (QED) is 0.212. The molecule has 0 atom stereocenters. The standard InChI is InChI=1S/C24H30O12/c1-5-9-10-11-12-36-24(32)16-14(20(27)28)13(19(25)26)15(21(29)33-6-2)17(22(30)34-7-3)18(16)23(31)35-8-4/h5-12H2,1-4H3,(H,25,26)(H,27,28). The predicted molar refractivity (Wildman–Crippen MR) is 123 cm³/mol. The van der Waals surface area contributed by atoms with Gasteiger partial charge in [0.1, 0.15) is 0 Å². The highest BCUT2D eigenvalue weighted by molar-refractivity contribution is 6.23. The fourth-order valence-corrected chi connectivity index (χ4v) is 3.37. The summed E-state index contributed by atoms with van der Waals surface area (Å²) in [6.45, 7) is 5.19. The van der Waals surface area contributed by atoms with E-state index in [4.69, 9.17) is 18.9 Å². The third-order valence-corrected chi connectivity index (χ3v) is 4.80. The number of carbonyl (C=O) groups excluding carboxylic acids is 4. The van der Waals surface area contributed by atoms with Crippen LogP contribution in [0.25, 0.3) is 0 Å². The zero-order valence-corrected chi connectivity index (χ0v) is 20.6. The molecule has 0 radical (unpaired) electrons. The number of carboxylic acid groups (broad SMARTS) is 2. The zero-order valence-electron chi connectivity index (χ0n) is 20.6. The first kappa shape index (κ1) is 30.1. The molecule has 12 heteroatoms. The van der Waals surface area contributed by atoms with Gasteiger partial charge in [0.2, 0.25) is 0 Å². The Bertz CT molecular complexity index is 1020. The molecule has 1 aromatic carbocycles. The minimum atomic E-state index is -1.96. The van der Waals surface area contributed by atoms with Crippen LogP contribution in [0.3, 0.4) is 0 Å². The van der Waals surface area contributed by atoms with E-state index in [9.17, 15) is 39.0 Å². The number of hydrogen-bond donors (Lipinski definition) is 2. The number of carboxylic acids is 2. The predicted octanol–water partition coefficient (Wildman–Crippen LogP) is 3.35. The lowest BCUT2D eigenvalue weighted by Crippen LogP contribution is -2.30. The maximum absolute atomic E-state index is 13.1. The number of rotatable bonds is 14. The second-order valence-corrected chi connectivity index (χ2v) is 7.22. The lowest BCUT2D eigenvalue weighted by atomic mass is 9.85. The van der Waals surface area contributed by atoms with Crippen molar-refractivity contribution in [1.29, 1.82) is 0 Å². The second-order valence-electron chi connectivity index (χ2n) is 7.22. The molecular weight excluding hydrogens is 480 g/mol. The molecule has 0 aliphatic carbocycles. The first-order valence-electron chi connectivity index (χ1n) is 11.5. The highest BCUT2D eigenvalue weighted by atomic mass is 16.5. The Morgan fingerprint density at radius 1 is 0.500 bits per heavy atom. The number of benzene rings is 1. The fourth-order valence-electron chi connectivity index (χ4n) is 3.37. The van der Waals surface area contributed by atoms with Gasteiger partial charge in [-0.3, -0.25) is 0 Å². The van der Waals surface area contributed by atoms with E-state index >= 15 is 0 Å². The molecule has 1 rings (SSSR count). The van der Waals surface area contributed by atoms with Crippen molar-refractivity contribution in [3.05, 3.63) is 33.4 Å². The van der Waals surface area contributed by atoms with Gasteiger partial charge in [-0.1, -0.05) is 26.2 Å². The van der Waals surface area contributed by atoms with Crippen molar-refractivity contribution in [1.82, 2.24) is 0 Å². The normalized spacial score (nSPS) is 10.3. The van der Waals surface area contributed by atoms with Gasteiger partial charge in [-0.2, -0.15) is 0 Å². The van der Waals surface area contributed by atoms with Crippen molar-refractivity contribution in [2.45, 2.75) is 53.4 Å². The van der Waals surface area contributed by atoms with Crippen molar-refractivity contribution >= 4 is 35.8 Å². The lowest BCUT2D eigenvalue weighted by molar-refractivity contribution is 0.0429. The summed E-state index contributed by atoms with van der Waals surface area (Å²) in [5.41, 5.74) is -6.46. The molecule has 0 saturated heterocycles. The lowest BCUT2D eigenvalue weighted by Gasteiger charge is -2.20. The molecule has 0 fully saturated rings. The first-order valence-corrected chi connectivity index (χ1v) is 11.5. The van der Waals surface area contributed by atoms with Crippen molar-refractivity contribution in [2.75, 3.05) is 26.4 Å². The summed E-state index contributed by atoms with van der Waals surface area (Å²) in [6, 6.07) is 0. The molecule has 0 heterocycles. The van der Waals surface area contributed by atoms with E-state index in [0.717, 1.165) is 12.8 Å². The summed E-state index contributed by atoms with van der Waals surface area (Å²) < 4.78 is 19.8. The van der Waals surface area contributed by atoms with Gasteiger partial charge >= 0.3 is 35.8 Å². The molecule has 36 heavy (non-hydrogen) atoms. The number of carbonyl (C=O) groups is 6. The number of aromatic carboxylic acids is 2. The molecule has 0 aliphatic heterocycles. The van der Waals surface area contributed by atoms with Crippen LogP contribution in [-0.4, -0.2) is 72.5 Å².